The second kappa shape index (κ2) is 8.32. The SMILES string of the molecule is O=C(NCc1ccc(N2CCOCC2)c(F)c1)c1ccc(Cl)c([N+](=O)[O-])c1. The Morgan fingerprint density at radius 1 is 1.26 bits per heavy atom. The molecule has 9 heteroatoms. The summed E-state index contributed by atoms with van der Waals surface area (Å²) in [6.07, 6.45) is 0. The van der Waals surface area contributed by atoms with Crippen LogP contribution in [-0.2, 0) is 11.3 Å². The zero-order valence-corrected chi connectivity index (χ0v) is 15.0. The molecule has 2 aromatic rings. The second-order valence-electron chi connectivity index (χ2n) is 5.99. The lowest BCUT2D eigenvalue weighted by Gasteiger charge is -2.29. The number of nitro benzene ring substituents is 1. The van der Waals surface area contributed by atoms with E-state index in [1.165, 1.54) is 18.2 Å². The highest BCUT2D eigenvalue weighted by Crippen LogP contribution is 2.25. The minimum absolute atomic E-state index is 0.0441. The number of nitrogens with zero attached hydrogens (tertiary/aromatic N) is 2. The average molecular weight is 394 g/mol. The molecule has 1 aliphatic heterocycles. The highest BCUT2D eigenvalue weighted by molar-refractivity contribution is 6.32. The van der Waals surface area contributed by atoms with E-state index in [1.54, 1.807) is 12.1 Å². The highest BCUT2D eigenvalue weighted by atomic mass is 35.5. The van der Waals surface area contributed by atoms with Crippen LogP contribution < -0.4 is 10.2 Å². The maximum Gasteiger partial charge on any atom is 0.288 e. The monoisotopic (exact) mass is 393 g/mol. The van der Waals surface area contributed by atoms with Crippen molar-refractivity contribution in [2.45, 2.75) is 6.54 Å². The lowest BCUT2D eigenvalue weighted by molar-refractivity contribution is -0.384. The molecule has 0 radical (unpaired) electrons. The lowest BCUT2D eigenvalue weighted by Crippen LogP contribution is -2.36. The number of hydrogen-bond acceptors (Lipinski definition) is 5. The number of rotatable bonds is 5. The number of carbonyl (C=O) groups excluding carboxylic acids is 1. The molecule has 1 N–H and O–H groups in total. The van der Waals surface area contributed by atoms with Crippen molar-refractivity contribution in [2.24, 2.45) is 0 Å². The molecule has 1 saturated heterocycles. The fourth-order valence-electron chi connectivity index (χ4n) is 2.80. The van der Waals surface area contributed by atoms with Crippen molar-refractivity contribution in [3.05, 3.63) is 68.5 Å². The molecule has 0 aromatic heterocycles. The maximum absolute atomic E-state index is 14.4. The quantitative estimate of drug-likeness (QED) is 0.623. The van der Waals surface area contributed by atoms with Crippen molar-refractivity contribution >= 4 is 28.9 Å². The molecule has 1 fully saturated rings. The molecule has 0 atom stereocenters. The van der Waals surface area contributed by atoms with Crippen LogP contribution in [0, 0.1) is 15.9 Å². The summed E-state index contributed by atoms with van der Waals surface area (Å²) >= 11 is 5.74. The molecule has 27 heavy (non-hydrogen) atoms. The number of amides is 1. The van der Waals surface area contributed by atoms with Gasteiger partial charge in [-0.05, 0) is 29.8 Å². The van der Waals surface area contributed by atoms with Gasteiger partial charge < -0.3 is 15.0 Å². The van der Waals surface area contributed by atoms with E-state index in [-0.39, 0.29) is 28.6 Å². The van der Waals surface area contributed by atoms with Gasteiger partial charge in [-0.25, -0.2) is 4.39 Å². The van der Waals surface area contributed by atoms with Crippen molar-refractivity contribution in [3.63, 3.8) is 0 Å². The lowest BCUT2D eigenvalue weighted by atomic mass is 10.1. The molecule has 0 unspecified atom stereocenters. The zero-order valence-electron chi connectivity index (χ0n) is 14.3. The van der Waals surface area contributed by atoms with E-state index in [0.29, 0.717) is 37.6 Å². The van der Waals surface area contributed by atoms with Crippen LogP contribution in [0.5, 0.6) is 0 Å². The average Bonchev–Trinajstić information content (AvgIpc) is 2.67. The molecular weight excluding hydrogens is 377 g/mol. The van der Waals surface area contributed by atoms with Gasteiger partial charge in [0.25, 0.3) is 11.6 Å². The van der Waals surface area contributed by atoms with Gasteiger partial charge >= 0.3 is 0 Å². The van der Waals surface area contributed by atoms with Gasteiger partial charge in [-0.3, -0.25) is 14.9 Å². The number of anilines is 1. The van der Waals surface area contributed by atoms with Gasteiger partial charge in [-0.2, -0.15) is 0 Å². The Morgan fingerprint density at radius 2 is 2.00 bits per heavy atom. The van der Waals surface area contributed by atoms with Crippen molar-refractivity contribution in [1.29, 1.82) is 0 Å². The number of morpholine rings is 1. The third-order valence-corrected chi connectivity index (χ3v) is 4.54. The van der Waals surface area contributed by atoms with Crippen molar-refractivity contribution in [3.8, 4) is 0 Å². The first-order valence-corrected chi connectivity index (χ1v) is 8.67. The summed E-state index contributed by atoms with van der Waals surface area (Å²) in [5.41, 5.74) is 0.852. The Hall–Kier alpha value is -2.71. The molecule has 1 heterocycles. The maximum atomic E-state index is 14.4. The van der Waals surface area contributed by atoms with E-state index < -0.39 is 10.8 Å². The van der Waals surface area contributed by atoms with Crippen LogP contribution in [0.3, 0.4) is 0 Å². The first-order chi connectivity index (χ1) is 13.0. The Labute approximate surface area is 159 Å². The molecule has 142 valence electrons. The van der Waals surface area contributed by atoms with Gasteiger partial charge in [0, 0.05) is 31.3 Å². The van der Waals surface area contributed by atoms with E-state index >= 15 is 0 Å². The highest BCUT2D eigenvalue weighted by Gasteiger charge is 2.17. The summed E-state index contributed by atoms with van der Waals surface area (Å²) in [5.74, 6) is -0.877. The fraction of sp³-hybridized carbons (Fsp3) is 0.278. The normalized spacial score (nSPS) is 14.1. The number of halogens is 2. The van der Waals surface area contributed by atoms with E-state index in [4.69, 9.17) is 16.3 Å². The molecule has 0 saturated carbocycles. The minimum atomic E-state index is -0.654. The van der Waals surface area contributed by atoms with Gasteiger partial charge in [0.15, 0.2) is 0 Å². The first kappa shape index (κ1) is 19.1. The van der Waals surface area contributed by atoms with Gasteiger partial charge in [0.05, 0.1) is 23.8 Å². The number of hydrogen-bond donors (Lipinski definition) is 1. The zero-order chi connectivity index (χ0) is 19.4. The third kappa shape index (κ3) is 4.53. The molecule has 0 spiro atoms. The van der Waals surface area contributed by atoms with Crippen LogP contribution >= 0.6 is 11.6 Å². The Morgan fingerprint density at radius 3 is 2.67 bits per heavy atom. The Kier molecular flexibility index (Phi) is 5.88. The van der Waals surface area contributed by atoms with E-state index in [9.17, 15) is 19.3 Å². The largest absolute Gasteiger partial charge is 0.378 e. The van der Waals surface area contributed by atoms with Gasteiger partial charge in [0.2, 0.25) is 0 Å². The van der Waals surface area contributed by atoms with Crippen LogP contribution in [0.15, 0.2) is 36.4 Å². The number of nitro groups is 1. The van der Waals surface area contributed by atoms with Gasteiger partial charge in [-0.1, -0.05) is 17.7 Å². The number of carbonyl (C=O) groups is 1. The number of nitrogens with one attached hydrogen (secondary N) is 1. The molecule has 1 amide bonds. The van der Waals surface area contributed by atoms with Crippen LogP contribution in [0.1, 0.15) is 15.9 Å². The summed E-state index contributed by atoms with van der Waals surface area (Å²) in [4.78, 5) is 24.4. The summed E-state index contributed by atoms with van der Waals surface area (Å²) in [6.45, 7) is 2.47. The van der Waals surface area contributed by atoms with Crippen LogP contribution in [0.4, 0.5) is 15.8 Å². The molecule has 3 rings (SSSR count). The van der Waals surface area contributed by atoms with Crippen molar-refractivity contribution in [2.75, 3.05) is 31.2 Å². The summed E-state index contributed by atoms with van der Waals surface area (Å²) in [6, 6.07) is 8.58. The van der Waals surface area contributed by atoms with E-state index in [1.807, 2.05) is 4.90 Å². The van der Waals surface area contributed by atoms with Crippen LogP contribution in [0.2, 0.25) is 5.02 Å². The Bertz CT molecular complexity index is 872. The van der Waals surface area contributed by atoms with Gasteiger partial charge in [0.1, 0.15) is 10.8 Å². The predicted octanol–water partition coefficient (Wildman–Crippen LogP) is 3.15. The van der Waals surface area contributed by atoms with Crippen LogP contribution in [0.25, 0.3) is 0 Å². The topological polar surface area (TPSA) is 84.7 Å². The molecule has 0 bridgehead atoms. The third-order valence-electron chi connectivity index (χ3n) is 4.22. The fourth-order valence-corrected chi connectivity index (χ4v) is 2.99. The predicted molar refractivity (Wildman–Crippen MR) is 98.7 cm³/mol. The molecule has 2 aromatic carbocycles. The Balaban J connectivity index is 1.66. The first-order valence-electron chi connectivity index (χ1n) is 8.29. The smallest absolute Gasteiger partial charge is 0.288 e. The molecule has 1 aliphatic rings. The van der Waals surface area contributed by atoms with E-state index in [0.717, 1.165) is 6.07 Å². The van der Waals surface area contributed by atoms with E-state index in [2.05, 4.69) is 5.32 Å². The summed E-state index contributed by atoms with van der Waals surface area (Å²) < 4.78 is 19.6. The van der Waals surface area contributed by atoms with Gasteiger partial charge in [-0.15, -0.1) is 0 Å². The summed E-state index contributed by atoms with van der Waals surface area (Å²) in [7, 11) is 0. The molecular formula is C18H17ClFN3O4. The number of benzene rings is 2. The second-order valence-corrected chi connectivity index (χ2v) is 6.40. The van der Waals surface area contributed by atoms with Crippen molar-refractivity contribution in [1.82, 2.24) is 5.32 Å². The van der Waals surface area contributed by atoms with Crippen LogP contribution in [-0.4, -0.2) is 37.1 Å². The standard InChI is InChI=1S/C18H17ClFN3O4/c19-14-3-2-13(10-17(14)23(25)26)18(24)21-11-12-1-4-16(15(20)9-12)22-5-7-27-8-6-22/h1-4,9-10H,5-8,11H2,(H,21,24). The minimum Gasteiger partial charge on any atom is -0.378 e. The summed E-state index contributed by atoms with van der Waals surface area (Å²) in [5, 5.41) is 13.5. The number of ether oxygens (including phenoxy) is 1. The molecule has 0 aliphatic carbocycles. The van der Waals surface area contributed by atoms with Crippen molar-refractivity contribution < 1.29 is 18.8 Å². The molecule has 7 nitrogen and oxygen atoms in total.